The standard InChI is InChI=1S/C17H21N3OS2.ClH/c1-10-4-6-13(7-5-10)17-20-12(3)15(23-17)11(2)19-16(21)14-8-22-9-18-14;/h4-7,11,14,18H,8-9H2,1-3H3,(H,19,21);1H. The maximum Gasteiger partial charge on any atom is 0.238 e. The maximum atomic E-state index is 12.3. The summed E-state index contributed by atoms with van der Waals surface area (Å²) in [6.07, 6.45) is 0. The first-order valence-electron chi connectivity index (χ1n) is 7.70. The summed E-state index contributed by atoms with van der Waals surface area (Å²) in [7, 11) is 0. The fraction of sp³-hybridized carbons (Fsp3) is 0.412. The maximum absolute atomic E-state index is 12.3. The van der Waals surface area contributed by atoms with Gasteiger partial charge in [-0.25, -0.2) is 4.98 Å². The molecule has 2 atom stereocenters. The molecule has 2 aromatic rings. The Labute approximate surface area is 157 Å². The molecule has 0 spiro atoms. The van der Waals surface area contributed by atoms with Gasteiger partial charge in [-0.15, -0.1) is 35.5 Å². The number of carbonyl (C=O) groups excluding carboxylic acids is 1. The van der Waals surface area contributed by atoms with E-state index in [1.807, 2.05) is 13.8 Å². The Hall–Kier alpha value is -1.08. The molecule has 1 aromatic carbocycles. The predicted molar refractivity (Wildman–Crippen MR) is 105 cm³/mol. The van der Waals surface area contributed by atoms with Crippen LogP contribution in [0.2, 0.25) is 0 Å². The summed E-state index contributed by atoms with van der Waals surface area (Å²) >= 11 is 3.42. The molecule has 1 saturated heterocycles. The van der Waals surface area contributed by atoms with Crippen LogP contribution in [0, 0.1) is 13.8 Å². The molecule has 7 heteroatoms. The van der Waals surface area contributed by atoms with Crippen LogP contribution in [0.15, 0.2) is 24.3 Å². The Morgan fingerprint density at radius 3 is 2.67 bits per heavy atom. The number of thiazole rings is 1. The van der Waals surface area contributed by atoms with E-state index in [9.17, 15) is 4.79 Å². The minimum absolute atomic E-state index is 0. The van der Waals surface area contributed by atoms with Crippen LogP contribution >= 0.6 is 35.5 Å². The van der Waals surface area contributed by atoms with Gasteiger partial charge in [0.15, 0.2) is 0 Å². The second-order valence-corrected chi connectivity index (χ2v) is 7.90. The molecule has 1 amide bonds. The van der Waals surface area contributed by atoms with Gasteiger partial charge in [0.2, 0.25) is 5.91 Å². The first-order valence-corrected chi connectivity index (χ1v) is 9.67. The number of aryl methyl sites for hydroxylation is 2. The van der Waals surface area contributed by atoms with E-state index in [-0.39, 0.29) is 30.4 Å². The highest BCUT2D eigenvalue weighted by molar-refractivity contribution is 7.99. The molecule has 2 N–H and O–H groups in total. The molecule has 0 radical (unpaired) electrons. The Morgan fingerprint density at radius 1 is 1.33 bits per heavy atom. The third kappa shape index (κ3) is 4.30. The minimum Gasteiger partial charge on any atom is -0.347 e. The lowest BCUT2D eigenvalue weighted by molar-refractivity contribution is -0.123. The van der Waals surface area contributed by atoms with Crippen molar-refractivity contribution in [1.29, 1.82) is 0 Å². The molecular formula is C17H22ClN3OS2. The van der Waals surface area contributed by atoms with E-state index >= 15 is 0 Å². The lowest BCUT2D eigenvalue weighted by Crippen LogP contribution is -2.42. The lowest BCUT2D eigenvalue weighted by Gasteiger charge is -2.16. The van der Waals surface area contributed by atoms with Crippen LogP contribution in [0.1, 0.15) is 29.1 Å². The molecule has 1 aromatic heterocycles. The Kier molecular flexibility index (Phi) is 6.69. The van der Waals surface area contributed by atoms with Gasteiger partial charge in [0.05, 0.1) is 22.7 Å². The summed E-state index contributed by atoms with van der Waals surface area (Å²) in [5.41, 5.74) is 3.36. The van der Waals surface area contributed by atoms with E-state index < -0.39 is 0 Å². The van der Waals surface area contributed by atoms with Crippen LogP contribution in [0.25, 0.3) is 10.6 Å². The molecule has 4 nitrogen and oxygen atoms in total. The molecule has 1 fully saturated rings. The van der Waals surface area contributed by atoms with E-state index in [0.29, 0.717) is 0 Å². The van der Waals surface area contributed by atoms with Gasteiger partial charge in [0, 0.05) is 17.2 Å². The van der Waals surface area contributed by atoms with Crippen molar-refractivity contribution >= 4 is 41.4 Å². The Bertz CT molecular complexity index is 696. The van der Waals surface area contributed by atoms with E-state index in [1.165, 1.54) is 5.56 Å². The van der Waals surface area contributed by atoms with Gasteiger partial charge in [-0.2, -0.15) is 0 Å². The molecular weight excluding hydrogens is 362 g/mol. The quantitative estimate of drug-likeness (QED) is 0.845. The molecule has 2 heterocycles. The summed E-state index contributed by atoms with van der Waals surface area (Å²) in [4.78, 5) is 18.1. The SMILES string of the molecule is Cc1ccc(-c2nc(C)c(C(C)NC(=O)C3CSCN3)s2)cc1.Cl. The summed E-state index contributed by atoms with van der Waals surface area (Å²) in [6.45, 7) is 6.12. The topological polar surface area (TPSA) is 54.0 Å². The fourth-order valence-electron chi connectivity index (χ4n) is 2.57. The summed E-state index contributed by atoms with van der Waals surface area (Å²) in [5.74, 6) is 1.77. The number of hydrogen-bond donors (Lipinski definition) is 2. The van der Waals surface area contributed by atoms with E-state index in [1.54, 1.807) is 23.1 Å². The number of nitrogens with one attached hydrogen (secondary N) is 2. The Balaban J connectivity index is 0.00000208. The zero-order valence-corrected chi connectivity index (χ0v) is 16.4. The van der Waals surface area contributed by atoms with E-state index in [0.717, 1.165) is 32.8 Å². The molecule has 0 aliphatic carbocycles. The lowest BCUT2D eigenvalue weighted by atomic mass is 10.2. The highest BCUT2D eigenvalue weighted by atomic mass is 35.5. The number of nitrogens with zero attached hydrogens (tertiary/aromatic N) is 1. The Morgan fingerprint density at radius 2 is 2.04 bits per heavy atom. The van der Waals surface area contributed by atoms with Crippen molar-refractivity contribution in [3.05, 3.63) is 40.4 Å². The molecule has 1 aliphatic heterocycles. The normalized spacial score (nSPS) is 18.0. The van der Waals surface area contributed by atoms with Crippen LogP contribution in [-0.4, -0.2) is 28.6 Å². The van der Waals surface area contributed by atoms with Gasteiger partial charge in [-0.05, 0) is 20.8 Å². The predicted octanol–water partition coefficient (Wildman–Crippen LogP) is 3.69. The zero-order valence-electron chi connectivity index (χ0n) is 14.0. The van der Waals surface area contributed by atoms with Crippen molar-refractivity contribution in [2.45, 2.75) is 32.9 Å². The first-order chi connectivity index (χ1) is 11.0. The van der Waals surface area contributed by atoms with Crippen molar-refractivity contribution in [2.75, 3.05) is 11.6 Å². The van der Waals surface area contributed by atoms with Gasteiger partial charge >= 0.3 is 0 Å². The van der Waals surface area contributed by atoms with Gasteiger partial charge < -0.3 is 5.32 Å². The average molecular weight is 384 g/mol. The number of halogens is 1. The zero-order chi connectivity index (χ0) is 16.4. The number of benzene rings is 1. The number of rotatable bonds is 4. The van der Waals surface area contributed by atoms with Crippen molar-refractivity contribution in [3.8, 4) is 10.6 Å². The fourth-order valence-corrected chi connectivity index (χ4v) is 4.59. The molecule has 3 rings (SSSR count). The number of hydrogen-bond acceptors (Lipinski definition) is 5. The highest BCUT2D eigenvalue weighted by Crippen LogP contribution is 2.32. The number of thioether (sulfide) groups is 1. The summed E-state index contributed by atoms with van der Waals surface area (Å²) < 4.78 is 0. The van der Waals surface area contributed by atoms with Crippen LogP contribution < -0.4 is 10.6 Å². The molecule has 0 bridgehead atoms. The molecule has 0 saturated carbocycles. The number of aromatic nitrogens is 1. The van der Waals surface area contributed by atoms with Crippen LogP contribution in [0.3, 0.4) is 0 Å². The van der Waals surface area contributed by atoms with Crippen molar-refractivity contribution < 1.29 is 4.79 Å². The second kappa shape index (κ2) is 8.34. The van der Waals surface area contributed by atoms with Crippen LogP contribution in [0.4, 0.5) is 0 Å². The summed E-state index contributed by atoms with van der Waals surface area (Å²) in [6, 6.07) is 8.29. The van der Waals surface area contributed by atoms with E-state index in [2.05, 4.69) is 46.8 Å². The summed E-state index contributed by atoms with van der Waals surface area (Å²) in [5, 5.41) is 7.32. The molecule has 2 unspecified atom stereocenters. The van der Waals surface area contributed by atoms with Gasteiger partial charge in [0.25, 0.3) is 0 Å². The van der Waals surface area contributed by atoms with Gasteiger partial charge in [0.1, 0.15) is 5.01 Å². The third-order valence-electron chi connectivity index (χ3n) is 3.92. The van der Waals surface area contributed by atoms with Crippen molar-refractivity contribution in [2.24, 2.45) is 0 Å². The molecule has 130 valence electrons. The third-order valence-corrected chi connectivity index (χ3v) is 6.24. The molecule has 1 aliphatic rings. The monoisotopic (exact) mass is 383 g/mol. The number of amides is 1. The smallest absolute Gasteiger partial charge is 0.238 e. The van der Waals surface area contributed by atoms with Gasteiger partial charge in [-0.1, -0.05) is 29.8 Å². The van der Waals surface area contributed by atoms with Crippen molar-refractivity contribution in [3.63, 3.8) is 0 Å². The van der Waals surface area contributed by atoms with E-state index in [4.69, 9.17) is 0 Å². The minimum atomic E-state index is -0.0766. The largest absolute Gasteiger partial charge is 0.347 e. The molecule has 24 heavy (non-hydrogen) atoms. The van der Waals surface area contributed by atoms with Crippen LogP contribution in [0.5, 0.6) is 0 Å². The number of carbonyl (C=O) groups is 1. The second-order valence-electron chi connectivity index (χ2n) is 5.84. The van der Waals surface area contributed by atoms with Crippen LogP contribution in [-0.2, 0) is 4.79 Å². The van der Waals surface area contributed by atoms with Gasteiger partial charge in [-0.3, -0.25) is 10.1 Å². The average Bonchev–Trinajstić information content (AvgIpc) is 3.17. The first kappa shape index (κ1) is 19.2. The van der Waals surface area contributed by atoms with Crippen molar-refractivity contribution in [1.82, 2.24) is 15.6 Å². The highest BCUT2D eigenvalue weighted by Gasteiger charge is 2.25.